The number of hydrogen-bond acceptors (Lipinski definition) is 4. The Morgan fingerprint density at radius 2 is 1.76 bits per heavy atom. The number of aromatic nitrogens is 4. The van der Waals surface area contributed by atoms with Crippen LogP contribution in [0.15, 0.2) is 42.5 Å². The number of hydrogen-bond donors (Lipinski definition) is 0. The van der Waals surface area contributed by atoms with Gasteiger partial charge in [-0.15, -0.1) is 5.10 Å². The molecule has 5 heteroatoms. The standard InChI is InChI=1S/C16H19N5/c1-3-20(4-2)12-16-17-18-19-21(16)15-11-7-9-13-8-5-6-10-14(13)15/h5-11H,3-4,12H2,1-2H3. The lowest BCUT2D eigenvalue weighted by Gasteiger charge is -2.17. The molecule has 0 spiro atoms. The summed E-state index contributed by atoms with van der Waals surface area (Å²) in [6.45, 7) is 7.02. The third-order valence-corrected chi connectivity index (χ3v) is 3.79. The highest BCUT2D eigenvalue weighted by Gasteiger charge is 2.13. The van der Waals surface area contributed by atoms with Gasteiger partial charge in [-0.25, -0.2) is 0 Å². The van der Waals surface area contributed by atoms with Crippen molar-refractivity contribution in [2.45, 2.75) is 20.4 Å². The number of nitrogens with zero attached hydrogens (tertiary/aromatic N) is 5. The Morgan fingerprint density at radius 3 is 2.57 bits per heavy atom. The fraction of sp³-hybridized carbons (Fsp3) is 0.312. The van der Waals surface area contributed by atoms with Crippen LogP contribution in [0.3, 0.4) is 0 Å². The second kappa shape index (κ2) is 6.01. The molecule has 0 unspecified atom stereocenters. The maximum Gasteiger partial charge on any atom is 0.170 e. The Labute approximate surface area is 124 Å². The molecule has 5 nitrogen and oxygen atoms in total. The summed E-state index contributed by atoms with van der Waals surface area (Å²) < 4.78 is 1.85. The van der Waals surface area contributed by atoms with Crippen LogP contribution < -0.4 is 0 Å². The summed E-state index contributed by atoms with van der Waals surface area (Å²) in [5.41, 5.74) is 1.03. The average molecular weight is 281 g/mol. The molecule has 0 radical (unpaired) electrons. The molecular weight excluding hydrogens is 262 g/mol. The van der Waals surface area contributed by atoms with Gasteiger partial charge < -0.3 is 0 Å². The summed E-state index contributed by atoms with van der Waals surface area (Å²) in [6, 6.07) is 14.5. The number of fused-ring (bicyclic) bond motifs is 1. The van der Waals surface area contributed by atoms with E-state index in [1.54, 1.807) is 0 Å². The van der Waals surface area contributed by atoms with E-state index in [-0.39, 0.29) is 0 Å². The van der Waals surface area contributed by atoms with Gasteiger partial charge >= 0.3 is 0 Å². The van der Waals surface area contributed by atoms with Crippen molar-refractivity contribution in [3.8, 4) is 5.69 Å². The van der Waals surface area contributed by atoms with E-state index >= 15 is 0 Å². The molecule has 0 aliphatic rings. The van der Waals surface area contributed by atoms with Crippen LogP contribution in [0.4, 0.5) is 0 Å². The first-order chi connectivity index (χ1) is 10.3. The predicted molar refractivity (Wildman–Crippen MR) is 83.3 cm³/mol. The first-order valence-electron chi connectivity index (χ1n) is 7.31. The summed E-state index contributed by atoms with van der Waals surface area (Å²) >= 11 is 0. The van der Waals surface area contributed by atoms with Gasteiger partial charge in [0.25, 0.3) is 0 Å². The first kappa shape index (κ1) is 13.7. The molecule has 0 atom stereocenters. The van der Waals surface area contributed by atoms with Crippen molar-refractivity contribution in [3.05, 3.63) is 48.3 Å². The molecule has 3 rings (SSSR count). The molecule has 0 saturated carbocycles. The molecule has 3 aromatic rings. The van der Waals surface area contributed by atoms with Gasteiger partial charge in [0.15, 0.2) is 5.82 Å². The van der Waals surface area contributed by atoms with Crippen LogP contribution in [-0.2, 0) is 6.54 Å². The average Bonchev–Trinajstić information content (AvgIpc) is 3.00. The largest absolute Gasteiger partial charge is 0.296 e. The lowest BCUT2D eigenvalue weighted by molar-refractivity contribution is 0.285. The molecule has 0 bridgehead atoms. The van der Waals surface area contributed by atoms with Crippen molar-refractivity contribution in [2.24, 2.45) is 0 Å². The van der Waals surface area contributed by atoms with Crippen molar-refractivity contribution >= 4 is 10.8 Å². The smallest absolute Gasteiger partial charge is 0.170 e. The first-order valence-corrected chi connectivity index (χ1v) is 7.31. The van der Waals surface area contributed by atoms with Crippen molar-refractivity contribution in [2.75, 3.05) is 13.1 Å². The Kier molecular flexibility index (Phi) is 3.92. The van der Waals surface area contributed by atoms with Crippen LogP contribution in [0.2, 0.25) is 0 Å². The highest BCUT2D eigenvalue weighted by Crippen LogP contribution is 2.22. The monoisotopic (exact) mass is 281 g/mol. The minimum Gasteiger partial charge on any atom is -0.296 e. The fourth-order valence-corrected chi connectivity index (χ4v) is 2.53. The Morgan fingerprint density at radius 1 is 1.00 bits per heavy atom. The lowest BCUT2D eigenvalue weighted by Crippen LogP contribution is -2.24. The zero-order valence-corrected chi connectivity index (χ0v) is 12.4. The van der Waals surface area contributed by atoms with Crippen LogP contribution in [-0.4, -0.2) is 38.2 Å². The SMILES string of the molecule is CCN(CC)Cc1nnnn1-c1cccc2ccccc12. The molecule has 1 aromatic heterocycles. The maximum absolute atomic E-state index is 4.20. The van der Waals surface area contributed by atoms with E-state index in [1.807, 2.05) is 22.9 Å². The predicted octanol–water partition coefficient (Wildman–Crippen LogP) is 2.66. The van der Waals surface area contributed by atoms with Crippen LogP contribution in [0.1, 0.15) is 19.7 Å². The number of rotatable bonds is 5. The highest BCUT2D eigenvalue weighted by molar-refractivity contribution is 5.89. The summed E-state index contributed by atoms with van der Waals surface area (Å²) in [5.74, 6) is 0.870. The minimum atomic E-state index is 0.753. The summed E-state index contributed by atoms with van der Waals surface area (Å²) in [4.78, 5) is 2.30. The Balaban J connectivity index is 2.06. The molecule has 1 heterocycles. The van der Waals surface area contributed by atoms with E-state index in [1.165, 1.54) is 5.39 Å². The lowest BCUT2D eigenvalue weighted by atomic mass is 10.1. The van der Waals surface area contributed by atoms with Gasteiger partial charge in [0, 0.05) is 5.39 Å². The molecule has 0 aliphatic heterocycles. The van der Waals surface area contributed by atoms with E-state index < -0.39 is 0 Å². The molecule has 2 aromatic carbocycles. The van der Waals surface area contributed by atoms with E-state index in [0.29, 0.717) is 0 Å². The second-order valence-electron chi connectivity index (χ2n) is 4.97. The Bertz CT molecular complexity index is 725. The van der Waals surface area contributed by atoms with Crippen molar-refractivity contribution in [3.63, 3.8) is 0 Å². The van der Waals surface area contributed by atoms with Gasteiger partial charge in [0.05, 0.1) is 12.2 Å². The third kappa shape index (κ3) is 2.64. The topological polar surface area (TPSA) is 46.8 Å². The zero-order valence-electron chi connectivity index (χ0n) is 12.4. The molecular formula is C16H19N5. The van der Waals surface area contributed by atoms with E-state index in [9.17, 15) is 0 Å². The zero-order chi connectivity index (χ0) is 14.7. The van der Waals surface area contributed by atoms with Crippen LogP contribution in [0.25, 0.3) is 16.5 Å². The van der Waals surface area contributed by atoms with Gasteiger partial charge in [-0.3, -0.25) is 4.90 Å². The van der Waals surface area contributed by atoms with Crippen molar-refractivity contribution < 1.29 is 0 Å². The molecule has 0 amide bonds. The van der Waals surface area contributed by atoms with Crippen molar-refractivity contribution in [1.82, 2.24) is 25.1 Å². The summed E-state index contributed by atoms with van der Waals surface area (Å²) in [7, 11) is 0. The Hall–Kier alpha value is -2.27. The third-order valence-electron chi connectivity index (χ3n) is 3.79. The van der Waals surface area contributed by atoms with E-state index in [0.717, 1.165) is 36.5 Å². The quantitative estimate of drug-likeness (QED) is 0.721. The summed E-state index contributed by atoms with van der Waals surface area (Å²) in [6.07, 6.45) is 0. The van der Waals surface area contributed by atoms with Crippen LogP contribution in [0, 0.1) is 0 Å². The minimum absolute atomic E-state index is 0.753. The molecule has 0 fully saturated rings. The van der Waals surface area contributed by atoms with E-state index in [4.69, 9.17) is 0 Å². The van der Waals surface area contributed by atoms with Gasteiger partial charge in [-0.1, -0.05) is 50.2 Å². The normalized spacial score (nSPS) is 11.4. The maximum atomic E-state index is 4.20. The summed E-state index contributed by atoms with van der Waals surface area (Å²) in [5, 5.41) is 14.6. The van der Waals surface area contributed by atoms with Gasteiger partial charge in [0.1, 0.15) is 0 Å². The number of benzene rings is 2. The van der Waals surface area contributed by atoms with Gasteiger partial charge in [0.2, 0.25) is 0 Å². The molecule has 21 heavy (non-hydrogen) atoms. The van der Waals surface area contributed by atoms with Gasteiger partial charge in [-0.2, -0.15) is 4.68 Å². The fourth-order valence-electron chi connectivity index (χ4n) is 2.53. The second-order valence-corrected chi connectivity index (χ2v) is 4.97. The molecule has 0 N–H and O–H groups in total. The molecule has 0 aliphatic carbocycles. The van der Waals surface area contributed by atoms with Crippen LogP contribution in [0.5, 0.6) is 0 Å². The molecule has 0 saturated heterocycles. The van der Waals surface area contributed by atoms with Gasteiger partial charge in [-0.05, 0) is 35.0 Å². The molecule has 108 valence electrons. The van der Waals surface area contributed by atoms with Crippen LogP contribution >= 0.6 is 0 Å². The van der Waals surface area contributed by atoms with E-state index in [2.05, 4.69) is 58.5 Å². The van der Waals surface area contributed by atoms with Crippen molar-refractivity contribution in [1.29, 1.82) is 0 Å². The highest BCUT2D eigenvalue weighted by atomic mass is 15.5. The number of tetrazole rings is 1.